The van der Waals surface area contributed by atoms with E-state index in [0.717, 1.165) is 23.7 Å². The minimum absolute atomic E-state index is 0.787. The SMILES string of the molecule is C1=CC2=C[C@@H]3[C@@H]4C=C5C=CC=C5[C@@H]4[C@@H]3C2=C1. The molecule has 0 radical (unpaired) electrons. The molecule has 1 fully saturated rings. The number of hydrogen-bond acceptors (Lipinski definition) is 0. The number of hydrogen-bond donors (Lipinski definition) is 0. The quantitative estimate of drug-likeness (QED) is 0.567. The van der Waals surface area contributed by atoms with E-state index in [1.54, 1.807) is 11.1 Å². The van der Waals surface area contributed by atoms with Crippen LogP contribution in [0, 0.1) is 23.7 Å². The molecule has 0 heteroatoms. The molecule has 0 saturated heterocycles. The summed E-state index contributed by atoms with van der Waals surface area (Å²) >= 11 is 0. The Balaban J connectivity index is 1.66. The van der Waals surface area contributed by atoms with Crippen molar-refractivity contribution in [1.82, 2.24) is 0 Å². The summed E-state index contributed by atoms with van der Waals surface area (Å²) in [6.45, 7) is 0. The van der Waals surface area contributed by atoms with E-state index in [9.17, 15) is 0 Å². The van der Waals surface area contributed by atoms with Crippen LogP contribution in [0.1, 0.15) is 0 Å². The Labute approximate surface area is 95.0 Å². The molecule has 0 aliphatic heterocycles. The zero-order valence-electron chi connectivity index (χ0n) is 8.93. The summed E-state index contributed by atoms with van der Waals surface area (Å²) in [4.78, 5) is 0. The molecule has 5 rings (SSSR count). The maximum Gasteiger partial charge on any atom is -0.00120 e. The Morgan fingerprint density at radius 2 is 1.19 bits per heavy atom. The van der Waals surface area contributed by atoms with Gasteiger partial charge in [-0.2, -0.15) is 0 Å². The molecule has 0 spiro atoms. The topological polar surface area (TPSA) is 0 Å². The first-order chi connectivity index (χ1) is 7.93. The lowest BCUT2D eigenvalue weighted by atomic mass is 9.57. The predicted molar refractivity (Wildman–Crippen MR) is 64.6 cm³/mol. The van der Waals surface area contributed by atoms with Gasteiger partial charge in [0.25, 0.3) is 0 Å². The molecule has 76 valence electrons. The third-order valence-corrected chi connectivity index (χ3v) is 4.89. The highest BCUT2D eigenvalue weighted by molar-refractivity contribution is 5.64. The van der Waals surface area contributed by atoms with Crippen molar-refractivity contribution < 1.29 is 0 Å². The van der Waals surface area contributed by atoms with Gasteiger partial charge in [-0.3, -0.25) is 0 Å². The van der Waals surface area contributed by atoms with Gasteiger partial charge in [0, 0.05) is 0 Å². The lowest BCUT2D eigenvalue weighted by molar-refractivity contribution is 0.130. The van der Waals surface area contributed by atoms with E-state index in [1.807, 2.05) is 0 Å². The summed E-state index contributed by atoms with van der Waals surface area (Å²) in [5, 5.41) is 0. The number of allylic oxidation sites excluding steroid dienone is 12. The van der Waals surface area contributed by atoms with Gasteiger partial charge in [-0.1, -0.05) is 48.6 Å². The van der Waals surface area contributed by atoms with Gasteiger partial charge in [-0.15, -0.1) is 0 Å². The molecule has 16 heavy (non-hydrogen) atoms. The van der Waals surface area contributed by atoms with Crippen molar-refractivity contribution in [2.75, 3.05) is 0 Å². The molecule has 0 amide bonds. The maximum absolute atomic E-state index is 2.50. The first-order valence-corrected chi connectivity index (χ1v) is 6.14. The van der Waals surface area contributed by atoms with Gasteiger partial charge in [0.15, 0.2) is 0 Å². The molecule has 0 aromatic heterocycles. The normalized spacial score (nSPS) is 44.0. The monoisotopic (exact) mass is 204 g/mol. The van der Waals surface area contributed by atoms with Crippen molar-refractivity contribution in [3.63, 3.8) is 0 Å². The van der Waals surface area contributed by atoms with Gasteiger partial charge in [-0.05, 0) is 46.0 Å². The molecule has 0 aromatic carbocycles. The van der Waals surface area contributed by atoms with E-state index in [4.69, 9.17) is 0 Å². The third kappa shape index (κ3) is 0.640. The summed E-state index contributed by atoms with van der Waals surface area (Å²) in [5.41, 5.74) is 6.22. The van der Waals surface area contributed by atoms with Crippen LogP contribution >= 0.6 is 0 Å². The zero-order chi connectivity index (χ0) is 10.3. The fourth-order valence-corrected chi connectivity index (χ4v) is 4.26. The molecule has 0 unspecified atom stereocenters. The van der Waals surface area contributed by atoms with Crippen molar-refractivity contribution in [2.45, 2.75) is 0 Å². The number of fused-ring (bicyclic) bond motifs is 8. The van der Waals surface area contributed by atoms with Crippen LogP contribution in [0.15, 0.2) is 70.9 Å². The van der Waals surface area contributed by atoms with Gasteiger partial charge < -0.3 is 0 Å². The Morgan fingerprint density at radius 1 is 0.688 bits per heavy atom. The summed E-state index contributed by atoms with van der Waals surface area (Å²) in [6.07, 6.45) is 18.6. The van der Waals surface area contributed by atoms with Gasteiger partial charge in [0.05, 0.1) is 0 Å². The largest absolute Gasteiger partial charge is 0.0726 e. The van der Waals surface area contributed by atoms with Crippen LogP contribution in [0.25, 0.3) is 0 Å². The van der Waals surface area contributed by atoms with E-state index in [1.165, 1.54) is 11.1 Å². The first-order valence-electron chi connectivity index (χ1n) is 6.14. The third-order valence-electron chi connectivity index (χ3n) is 4.89. The van der Waals surface area contributed by atoms with Gasteiger partial charge >= 0.3 is 0 Å². The van der Waals surface area contributed by atoms with Crippen LogP contribution in [0.3, 0.4) is 0 Å². The van der Waals surface area contributed by atoms with Crippen LogP contribution in [-0.2, 0) is 0 Å². The minimum atomic E-state index is 0.787. The van der Waals surface area contributed by atoms with Gasteiger partial charge in [-0.25, -0.2) is 0 Å². The highest BCUT2D eigenvalue weighted by atomic mass is 14.6. The fraction of sp³-hybridized carbons (Fsp3) is 0.250. The van der Waals surface area contributed by atoms with Crippen LogP contribution in [-0.4, -0.2) is 0 Å². The van der Waals surface area contributed by atoms with Crippen molar-refractivity contribution in [2.24, 2.45) is 23.7 Å². The van der Waals surface area contributed by atoms with Crippen molar-refractivity contribution in [3.8, 4) is 0 Å². The van der Waals surface area contributed by atoms with E-state index in [-0.39, 0.29) is 0 Å². The smallest absolute Gasteiger partial charge is 0.00120 e. The van der Waals surface area contributed by atoms with Gasteiger partial charge in [0.2, 0.25) is 0 Å². The zero-order valence-corrected chi connectivity index (χ0v) is 8.93. The summed E-state index contributed by atoms with van der Waals surface area (Å²) in [6, 6.07) is 0. The van der Waals surface area contributed by atoms with Crippen LogP contribution < -0.4 is 0 Å². The van der Waals surface area contributed by atoms with Crippen LogP contribution in [0.2, 0.25) is 0 Å². The molecule has 0 nitrogen and oxygen atoms in total. The van der Waals surface area contributed by atoms with Crippen LogP contribution in [0.4, 0.5) is 0 Å². The lowest BCUT2D eigenvalue weighted by Gasteiger charge is -2.45. The maximum atomic E-state index is 2.50. The average Bonchev–Trinajstić information content (AvgIpc) is 2.92. The molecule has 0 heterocycles. The summed E-state index contributed by atoms with van der Waals surface area (Å²) < 4.78 is 0. The Morgan fingerprint density at radius 3 is 1.69 bits per heavy atom. The number of rotatable bonds is 0. The minimum Gasteiger partial charge on any atom is -0.0726 e. The van der Waals surface area contributed by atoms with E-state index >= 15 is 0 Å². The first kappa shape index (κ1) is 7.67. The molecule has 0 bridgehead atoms. The molecule has 5 aliphatic rings. The summed E-state index contributed by atoms with van der Waals surface area (Å²) in [5.74, 6) is 3.16. The van der Waals surface area contributed by atoms with Gasteiger partial charge in [0.1, 0.15) is 0 Å². The van der Waals surface area contributed by atoms with Crippen LogP contribution in [0.5, 0.6) is 0 Å². The second-order valence-corrected chi connectivity index (χ2v) is 5.41. The van der Waals surface area contributed by atoms with Crippen molar-refractivity contribution in [3.05, 3.63) is 70.9 Å². The predicted octanol–water partition coefficient (Wildman–Crippen LogP) is 3.34. The highest BCUT2D eigenvalue weighted by Gasteiger charge is 2.57. The van der Waals surface area contributed by atoms with E-state index < -0.39 is 0 Å². The Bertz CT molecular complexity index is 536. The van der Waals surface area contributed by atoms with E-state index in [0.29, 0.717) is 0 Å². The molecule has 0 aromatic rings. The second kappa shape index (κ2) is 2.24. The molecule has 1 saturated carbocycles. The Hall–Kier alpha value is -1.56. The Kier molecular flexibility index (Phi) is 1.08. The molecular formula is C16H12. The second-order valence-electron chi connectivity index (χ2n) is 5.41. The molecule has 0 N–H and O–H groups in total. The van der Waals surface area contributed by atoms with Crippen molar-refractivity contribution in [1.29, 1.82) is 0 Å². The lowest BCUT2D eigenvalue weighted by Crippen LogP contribution is -2.41. The molecular weight excluding hydrogens is 192 g/mol. The summed E-state index contributed by atoms with van der Waals surface area (Å²) in [7, 11) is 0. The fourth-order valence-electron chi connectivity index (χ4n) is 4.26. The standard InChI is InChI=1S/C16H12/c1-3-9-7-13-14-8-10-4-2-6-12(10)16(14)15(13)11(9)5-1/h1-8,13-16H/t13-,14+,15-,16+. The highest BCUT2D eigenvalue weighted by Crippen LogP contribution is 2.65. The van der Waals surface area contributed by atoms with E-state index in [2.05, 4.69) is 48.6 Å². The molecule has 5 aliphatic carbocycles. The molecule has 4 atom stereocenters. The van der Waals surface area contributed by atoms with Crippen molar-refractivity contribution >= 4 is 0 Å². The average molecular weight is 204 g/mol.